The van der Waals surface area contributed by atoms with Crippen LogP contribution in [0.4, 0.5) is 0 Å². The summed E-state index contributed by atoms with van der Waals surface area (Å²) < 4.78 is 0. The molecule has 3 aliphatic rings. The van der Waals surface area contributed by atoms with Crippen LogP contribution < -0.4 is 0 Å². The van der Waals surface area contributed by atoms with Crippen LogP contribution in [0.2, 0.25) is 0 Å². The number of Topliss-reactive ketones (excluding diaryl/α,β-unsaturated/α-hetero) is 1. The van der Waals surface area contributed by atoms with Gasteiger partial charge in [-0.15, -0.1) is 0 Å². The lowest BCUT2D eigenvalue weighted by Gasteiger charge is -2.29. The van der Waals surface area contributed by atoms with Crippen molar-refractivity contribution in [1.29, 1.82) is 0 Å². The summed E-state index contributed by atoms with van der Waals surface area (Å²) in [5, 5.41) is 9.61. The van der Waals surface area contributed by atoms with Crippen molar-refractivity contribution in [2.24, 2.45) is 11.8 Å². The molecule has 4 rings (SSSR count). The first kappa shape index (κ1) is 14.7. The fraction of sp³-hybridized carbons (Fsp3) is 0.579. The molecule has 1 amide bonds. The SMILES string of the molecule is O=C1CCCC1C1CCCN1C(=O)[C@@H]1C[C@H]1c1cccc(O)c1. The number of rotatable bonds is 3. The molecule has 0 bridgehead atoms. The number of ketones is 1. The van der Waals surface area contributed by atoms with Crippen molar-refractivity contribution in [3.05, 3.63) is 29.8 Å². The van der Waals surface area contributed by atoms with Gasteiger partial charge in [0.2, 0.25) is 5.91 Å². The zero-order valence-corrected chi connectivity index (χ0v) is 13.3. The Kier molecular flexibility index (Phi) is 3.63. The zero-order chi connectivity index (χ0) is 16.0. The molecule has 0 aromatic heterocycles. The lowest BCUT2D eigenvalue weighted by atomic mass is 9.94. The predicted octanol–water partition coefficient (Wildman–Crippen LogP) is 2.86. The number of hydrogen-bond donors (Lipinski definition) is 1. The maximum absolute atomic E-state index is 12.9. The molecular weight excluding hydrogens is 290 g/mol. The van der Waals surface area contributed by atoms with E-state index in [1.165, 1.54) is 0 Å². The molecule has 2 saturated carbocycles. The minimum Gasteiger partial charge on any atom is -0.508 e. The number of carbonyl (C=O) groups excluding carboxylic acids is 2. The highest BCUT2D eigenvalue weighted by molar-refractivity contribution is 5.87. The molecule has 122 valence electrons. The van der Waals surface area contributed by atoms with E-state index in [0.717, 1.165) is 44.2 Å². The lowest BCUT2D eigenvalue weighted by Crippen LogP contribution is -2.42. The average molecular weight is 313 g/mol. The van der Waals surface area contributed by atoms with Crippen molar-refractivity contribution in [1.82, 2.24) is 4.90 Å². The topological polar surface area (TPSA) is 57.6 Å². The quantitative estimate of drug-likeness (QED) is 0.933. The molecule has 0 spiro atoms. The van der Waals surface area contributed by atoms with Crippen LogP contribution in [-0.4, -0.2) is 34.3 Å². The Hall–Kier alpha value is -1.84. The molecule has 1 heterocycles. The van der Waals surface area contributed by atoms with Crippen LogP contribution in [0.25, 0.3) is 0 Å². The second-order valence-electron chi connectivity index (χ2n) is 7.25. The molecule has 3 fully saturated rings. The molecular formula is C19H23NO3. The van der Waals surface area contributed by atoms with Crippen molar-refractivity contribution >= 4 is 11.7 Å². The molecule has 23 heavy (non-hydrogen) atoms. The Labute approximate surface area is 136 Å². The number of nitrogens with zero attached hydrogens (tertiary/aromatic N) is 1. The molecule has 1 aliphatic heterocycles. The van der Waals surface area contributed by atoms with Gasteiger partial charge in [0.05, 0.1) is 0 Å². The molecule has 4 atom stereocenters. The Morgan fingerprint density at radius 2 is 2.04 bits per heavy atom. The summed E-state index contributed by atoms with van der Waals surface area (Å²) in [7, 11) is 0. The molecule has 1 saturated heterocycles. The number of hydrogen-bond acceptors (Lipinski definition) is 3. The molecule has 2 aliphatic carbocycles. The predicted molar refractivity (Wildman–Crippen MR) is 86.0 cm³/mol. The third-order valence-electron chi connectivity index (χ3n) is 5.80. The summed E-state index contributed by atoms with van der Waals surface area (Å²) in [6.45, 7) is 0.802. The van der Waals surface area contributed by atoms with Crippen LogP contribution in [0.15, 0.2) is 24.3 Å². The lowest BCUT2D eigenvalue weighted by molar-refractivity contribution is -0.135. The zero-order valence-electron chi connectivity index (χ0n) is 13.3. The van der Waals surface area contributed by atoms with Crippen molar-refractivity contribution < 1.29 is 14.7 Å². The fourth-order valence-electron chi connectivity index (χ4n) is 4.54. The normalized spacial score (nSPS) is 33.2. The first-order valence-electron chi connectivity index (χ1n) is 8.77. The largest absolute Gasteiger partial charge is 0.508 e. The maximum Gasteiger partial charge on any atom is 0.226 e. The van der Waals surface area contributed by atoms with E-state index in [2.05, 4.69) is 0 Å². The van der Waals surface area contributed by atoms with Crippen LogP contribution in [-0.2, 0) is 9.59 Å². The standard InChI is InChI=1S/C19H23NO3/c21-13-5-1-4-12(10-13)15-11-16(15)19(23)20-9-3-7-17(20)14-6-2-8-18(14)22/h1,4-5,10,14-17,21H,2-3,6-9,11H2/t14?,15-,16+,17?/m0/s1. The van der Waals surface area contributed by atoms with Crippen LogP contribution in [0, 0.1) is 11.8 Å². The summed E-state index contributed by atoms with van der Waals surface area (Å²) in [4.78, 5) is 27.0. The first-order valence-corrected chi connectivity index (χ1v) is 8.77. The van der Waals surface area contributed by atoms with Gasteiger partial charge < -0.3 is 10.0 Å². The highest BCUT2D eigenvalue weighted by Gasteiger charge is 2.49. The number of benzene rings is 1. The van der Waals surface area contributed by atoms with E-state index < -0.39 is 0 Å². The highest BCUT2D eigenvalue weighted by Crippen LogP contribution is 2.50. The van der Waals surface area contributed by atoms with Crippen molar-refractivity contribution in [3.63, 3.8) is 0 Å². The second kappa shape index (κ2) is 5.66. The third-order valence-corrected chi connectivity index (χ3v) is 5.80. The van der Waals surface area contributed by atoms with Crippen molar-refractivity contribution in [3.8, 4) is 5.75 Å². The van der Waals surface area contributed by atoms with Gasteiger partial charge in [0, 0.05) is 30.8 Å². The number of aromatic hydroxyl groups is 1. The summed E-state index contributed by atoms with van der Waals surface area (Å²) in [5.41, 5.74) is 1.05. The number of likely N-dealkylation sites (tertiary alicyclic amines) is 1. The minimum absolute atomic E-state index is 0.0360. The van der Waals surface area contributed by atoms with Crippen LogP contribution in [0.1, 0.15) is 50.0 Å². The van der Waals surface area contributed by atoms with E-state index in [1.807, 2.05) is 17.0 Å². The Morgan fingerprint density at radius 1 is 1.17 bits per heavy atom. The van der Waals surface area contributed by atoms with Crippen LogP contribution in [0.5, 0.6) is 5.75 Å². The molecule has 2 unspecified atom stereocenters. The Balaban J connectivity index is 1.46. The summed E-state index contributed by atoms with van der Waals surface area (Å²) in [6, 6.07) is 7.38. The highest BCUT2D eigenvalue weighted by atomic mass is 16.3. The number of phenolic OH excluding ortho intramolecular Hbond substituents is 1. The van der Waals surface area contributed by atoms with Gasteiger partial charge in [-0.25, -0.2) is 0 Å². The summed E-state index contributed by atoms with van der Waals surface area (Å²) >= 11 is 0. The first-order chi connectivity index (χ1) is 11.1. The van der Waals surface area contributed by atoms with E-state index in [0.29, 0.717) is 12.2 Å². The Bertz CT molecular complexity index is 641. The van der Waals surface area contributed by atoms with Gasteiger partial charge >= 0.3 is 0 Å². The number of carbonyl (C=O) groups is 2. The van der Waals surface area contributed by atoms with Crippen molar-refractivity contribution in [2.75, 3.05) is 6.54 Å². The van der Waals surface area contributed by atoms with Gasteiger partial charge in [-0.05, 0) is 55.7 Å². The van der Waals surface area contributed by atoms with E-state index >= 15 is 0 Å². The molecule has 1 aromatic rings. The number of phenols is 1. The van der Waals surface area contributed by atoms with Crippen LogP contribution >= 0.6 is 0 Å². The molecule has 1 aromatic carbocycles. The summed E-state index contributed by atoms with van der Waals surface area (Å²) in [6.07, 6.45) is 5.49. The fourth-order valence-corrected chi connectivity index (χ4v) is 4.54. The van der Waals surface area contributed by atoms with Crippen LogP contribution in [0.3, 0.4) is 0 Å². The summed E-state index contributed by atoms with van der Waals surface area (Å²) in [5.74, 6) is 1.19. The Morgan fingerprint density at radius 3 is 2.78 bits per heavy atom. The van der Waals surface area contributed by atoms with Crippen molar-refractivity contribution in [2.45, 2.75) is 50.5 Å². The molecule has 0 radical (unpaired) electrons. The average Bonchev–Trinajstić information content (AvgIpc) is 2.99. The van der Waals surface area contributed by atoms with Gasteiger partial charge in [0.15, 0.2) is 0 Å². The van der Waals surface area contributed by atoms with E-state index in [4.69, 9.17) is 0 Å². The maximum atomic E-state index is 12.9. The van der Waals surface area contributed by atoms with Gasteiger partial charge in [0.1, 0.15) is 11.5 Å². The smallest absolute Gasteiger partial charge is 0.226 e. The second-order valence-corrected chi connectivity index (χ2v) is 7.25. The minimum atomic E-state index is 0.0360. The molecule has 4 heteroatoms. The van der Waals surface area contributed by atoms with E-state index in [-0.39, 0.29) is 35.5 Å². The third kappa shape index (κ3) is 2.64. The van der Waals surface area contributed by atoms with Gasteiger partial charge in [-0.1, -0.05) is 12.1 Å². The molecule has 4 nitrogen and oxygen atoms in total. The van der Waals surface area contributed by atoms with E-state index in [1.54, 1.807) is 12.1 Å². The number of amides is 1. The molecule has 1 N–H and O–H groups in total. The van der Waals surface area contributed by atoms with Gasteiger partial charge in [0.25, 0.3) is 0 Å². The van der Waals surface area contributed by atoms with Gasteiger partial charge in [-0.3, -0.25) is 9.59 Å². The van der Waals surface area contributed by atoms with Gasteiger partial charge in [-0.2, -0.15) is 0 Å². The van der Waals surface area contributed by atoms with E-state index in [9.17, 15) is 14.7 Å². The monoisotopic (exact) mass is 313 g/mol.